The maximum Gasteiger partial charge on any atom is 0.315 e. The highest BCUT2D eigenvalue weighted by molar-refractivity contribution is 5.74. The molecular weight excluding hydrogens is 329 g/mol. The summed E-state index contributed by atoms with van der Waals surface area (Å²) >= 11 is 0. The second-order valence-corrected chi connectivity index (χ2v) is 7.06. The predicted octanol–water partition coefficient (Wildman–Crippen LogP) is 3.33. The Morgan fingerprint density at radius 2 is 1.81 bits per heavy atom. The molecule has 1 saturated carbocycles. The highest BCUT2D eigenvalue weighted by atomic mass is 19.1. The number of hydrogen-bond donors (Lipinski definition) is 3. The number of rotatable bonds is 7. The molecule has 0 aliphatic heterocycles. The summed E-state index contributed by atoms with van der Waals surface area (Å²) < 4.78 is 12.9. The topological polar surface area (TPSA) is 67.1 Å². The Kier molecular flexibility index (Phi) is 6.23. The molecule has 26 heavy (non-hydrogen) atoms. The Hall–Kier alpha value is -2.40. The lowest BCUT2D eigenvalue weighted by atomic mass is 9.76. The lowest BCUT2D eigenvalue weighted by Crippen LogP contribution is -2.48. The molecule has 0 bridgehead atoms. The minimum absolute atomic E-state index is 0.0317. The first-order valence-electron chi connectivity index (χ1n) is 9.19. The summed E-state index contributed by atoms with van der Waals surface area (Å²) in [4.78, 5) is 12.0. The van der Waals surface area contributed by atoms with E-state index in [0.717, 1.165) is 31.2 Å². The van der Waals surface area contributed by atoms with E-state index in [2.05, 4.69) is 22.8 Å². The van der Waals surface area contributed by atoms with Crippen molar-refractivity contribution in [3.8, 4) is 0 Å². The van der Waals surface area contributed by atoms with Gasteiger partial charge in [0.2, 0.25) is 0 Å². The van der Waals surface area contributed by atoms with Crippen LogP contribution in [0.4, 0.5) is 9.18 Å². The van der Waals surface area contributed by atoms with Crippen LogP contribution in [0.25, 0.3) is 0 Å². The van der Waals surface area contributed by atoms with Crippen molar-refractivity contribution in [2.24, 2.45) is 5.73 Å². The van der Waals surface area contributed by atoms with Gasteiger partial charge in [0.15, 0.2) is 0 Å². The third-order valence-corrected chi connectivity index (χ3v) is 4.96. The largest absolute Gasteiger partial charge is 0.338 e. The van der Waals surface area contributed by atoms with Crippen LogP contribution in [0.2, 0.25) is 0 Å². The van der Waals surface area contributed by atoms with Crippen LogP contribution in [-0.2, 0) is 6.42 Å². The van der Waals surface area contributed by atoms with Crippen molar-refractivity contribution < 1.29 is 9.18 Å². The molecule has 1 atom stereocenters. The molecule has 1 fully saturated rings. The molecule has 4 N–H and O–H groups in total. The summed E-state index contributed by atoms with van der Waals surface area (Å²) in [6.07, 6.45) is 3.34. The van der Waals surface area contributed by atoms with Gasteiger partial charge in [-0.25, -0.2) is 9.18 Å². The summed E-state index contributed by atoms with van der Waals surface area (Å²) in [6, 6.07) is 16.8. The zero-order valence-electron chi connectivity index (χ0n) is 14.8. The summed E-state index contributed by atoms with van der Waals surface area (Å²) in [6.45, 7) is 0.563. The Labute approximate surface area is 154 Å². The molecular formula is C21H26FN3O. The van der Waals surface area contributed by atoms with Crippen molar-refractivity contribution >= 4 is 6.03 Å². The van der Waals surface area contributed by atoms with Crippen LogP contribution < -0.4 is 16.4 Å². The second kappa shape index (κ2) is 8.81. The number of nitrogens with one attached hydrogen (secondary N) is 2. The molecule has 2 aromatic carbocycles. The maximum atomic E-state index is 12.9. The number of benzene rings is 2. The molecule has 138 valence electrons. The molecule has 0 heterocycles. The van der Waals surface area contributed by atoms with Gasteiger partial charge in [0.1, 0.15) is 5.82 Å². The van der Waals surface area contributed by atoms with Crippen LogP contribution in [0.1, 0.15) is 36.3 Å². The molecule has 5 heteroatoms. The molecule has 2 aromatic rings. The standard InChI is InChI=1S/C21H26FN3O/c22-18-8-6-16(7-9-18)17-13-20(14-17)25-21(26)24-11-10-19(23)12-15-4-2-1-3-5-15/h1-9,17,19-20H,10-14,23H2,(H2,24,25,26). The van der Waals surface area contributed by atoms with Crippen molar-refractivity contribution in [1.82, 2.24) is 10.6 Å². The van der Waals surface area contributed by atoms with Gasteiger partial charge >= 0.3 is 6.03 Å². The van der Waals surface area contributed by atoms with Gasteiger partial charge in [-0.15, -0.1) is 0 Å². The highest BCUT2D eigenvalue weighted by Gasteiger charge is 2.31. The lowest BCUT2D eigenvalue weighted by Gasteiger charge is -2.36. The van der Waals surface area contributed by atoms with Gasteiger partial charge in [0.05, 0.1) is 0 Å². The van der Waals surface area contributed by atoms with Crippen LogP contribution in [-0.4, -0.2) is 24.7 Å². The zero-order valence-corrected chi connectivity index (χ0v) is 14.8. The molecule has 1 aliphatic carbocycles. The quantitative estimate of drug-likeness (QED) is 0.713. The van der Waals surface area contributed by atoms with Gasteiger partial charge in [-0.3, -0.25) is 0 Å². The Balaban J connectivity index is 1.30. The van der Waals surface area contributed by atoms with Crippen LogP contribution >= 0.6 is 0 Å². The van der Waals surface area contributed by atoms with E-state index in [4.69, 9.17) is 5.73 Å². The Morgan fingerprint density at radius 3 is 2.50 bits per heavy atom. The molecule has 3 rings (SSSR count). The third kappa shape index (κ3) is 5.30. The maximum absolute atomic E-state index is 12.9. The van der Waals surface area contributed by atoms with E-state index in [1.165, 1.54) is 17.7 Å². The van der Waals surface area contributed by atoms with Crippen LogP contribution in [0.15, 0.2) is 54.6 Å². The first kappa shape index (κ1) is 18.4. The Bertz CT molecular complexity index is 699. The van der Waals surface area contributed by atoms with Crippen LogP contribution in [0, 0.1) is 5.82 Å². The Morgan fingerprint density at radius 1 is 1.12 bits per heavy atom. The molecule has 0 radical (unpaired) electrons. The van der Waals surface area contributed by atoms with E-state index in [-0.39, 0.29) is 23.9 Å². The third-order valence-electron chi connectivity index (χ3n) is 4.96. The number of nitrogens with two attached hydrogens (primary N) is 1. The monoisotopic (exact) mass is 355 g/mol. The number of halogens is 1. The smallest absolute Gasteiger partial charge is 0.315 e. The average Bonchev–Trinajstić information content (AvgIpc) is 2.60. The molecule has 0 spiro atoms. The summed E-state index contributed by atoms with van der Waals surface area (Å²) in [7, 11) is 0. The van der Waals surface area contributed by atoms with E-state index in [1.807, 2.05) is 30.3 Å². The van der Waals surface area contributed by atoms with Gasteiger partial charge in [-0.05, 0) is 54.9 Å². The molecule has 1 aliphatic rings. The SMILES string of the molecule is NC(CCNC(=O)NC1CC(c2ccc(F)cc2)C1)Cc1ccccc1. The molecule has 4 nitrogen and oxygen atoms in total. The summed E-state index contributed by atoms with van der Waals surface area (Å²) in [5.74, 6) is 0.188. The van der Waals surface area contributed by atoms with Gasteiger partial charge in [0, 0.05) is 18.6 Å². The number of carbonyl (C=O) groups excluding carboxylic acids is 1. The predicted molar refractivity (Wildman–Crippen MR) is 101 cm³/mol. The minimum atomic E-state index is -0.215. The van der Waals surface area contributed by atoms with E-state index >= 15 is 0 Å². The first-order chi connectivity index (χ1) is 12.6. The van der Waals surface area contributed by atoms with E-state index in [1.54, 1.807) is 0 Å². The fraction of sp³-hybridized carbons (Fsp3) is 0.381. The van der Waals surface area contributed by atoms with Crippen molar-refractivity contribution in [3.63, 3.8) is 0 Å². The van der Waals surface area contributed by atoms with Crippen molar-refractivity contribution in [2.45, 2.75) is 43.7 Å². The van der Waals surface area contributed by atoms with Crippen molar-refractivity contribution in [2.75, 3.05) is 6.54 Å². The number of urea groups is 1. The zero-order chi connectivity index (χ0) is 18.4. The van der Waals surface area contributed by atoms with Gasteiger partial charge in [0.25, 0.3) is 0 Å². The fourth-order valence-corrected chi connectivity index (χ4v) is 3.37. The molecule has 1 unspecified atom stereocenters. The lowest BCUT2D eigenvalue weighted by molar-refractivity contribution is 0.222. The van der Waals surface area contributed by atoms with Crippen molar-refractivity contribution in [3.05, 3.63) is 71.5 Å². The van der Waals surface area contributed by atoms with Gasteiger partial charge in [-0.1, -0.05) is 42.5 Å². The second-order valence-electron chi connectivity index (χ2n) is 7.06. The highest BCUT2D eigenvalue weighted by Crippen LogP contribution is 2.36. The molecule has 0 aromatic heterocycles. The van der Waals surface area contributed by atoms with Crippen LogP contribution in [0.5, 0.6) is 0 Å². The number of amides is 2. The van der Waals surface area contributed by atoms with Crippen molar-refractivity contribution in [1.29, 1.82) is 0 Å². The van der Waals surface area contributed by atoms with E-state index in [0.29, 0.717) is 12.5 Å². The summed E-state index contributed by atoms with van der Waals surface area (Å²) in [5.41, 5.74) is 8.47. The van der Waals surface area contributed by atoms with E-state index < -0.39 is 0 Å². The number of hydrogen-bond acceptors (Lipinski definition) is 2. The average molecular weight is 355 g/mol. The van der Waals surface area contributed by atoms with E-state index in [9.17, 15) is 9.18 Å². The van der Waals surface area contributed by atoms with Crippen LogP contribution in [0.3, 0.4) is 0 Å². The minimum Gasteiger partial charge on any atom is -0.338 e. The fourth-order valence-electron chi connectivity index (χ4n) is 3.37. The van der Waals surface area contributed by atoms with Gasteiger partial charge < -0.3 is 16.4 Å². The summed E-state index contributed by atoms with van der Waals surface area (Å²) in [5, 5.41) is 5.87. The number of carbonyl (C=O) groups is 1. The van der Waals surface area contributed by atoms with Gasteiger partial charge in [-0.2, -0.15) is 0 Å². The first-order valence-corrected chi connectivity index (χ1v) is 9.19. The molecule has 0 saturated heterocycles. The normalized spacial score (nSPS) is 20.1. The molecule has 2 amide bonds.